The lowest BCUT2D eigenvalue weighted by Crippen LogP contribution is -2.36. The number of rotatable bonds is 6. The number of nitrogens with two attached hydrogens (primary N) is 1. The van der Waals surface area contributed by atoms with Crippen LogP contribution < -0.4 is 10.4 Å². The van der Waals surface area contributed by atoms with Gasteiger partial charge >= 0.3 is 13.1 Å². The molecule has 1 atom stereocenters. The Kier molecular flexibility index (Phi) is 5.05. The number of aromatic carboxylic acids is 1. The summed E-state index contributed by atoms with van der Waals surface area (Å²) in [5, 5.41) is 28.8. The molecule has 0 saturated carbocycles. The molecule has 1 aliphatic heterocycles. The number of nitrogens with one attached hydrogen (secondary N) is 1. The molecule has 0 spiro atoms. The number of hydrogen-bond donors (Lipinski definition) is 4. The third kappa shape index (κ3) is 3.76. The van der Waals surface area contributed by atoms with Crippen LogP contribution in [0, 0.1) is 5.41 Å². The van der Waals surface area contributed by atoms with Crippen LogP contribution in [0.15, 0.2) is 23.6 Å². The molecular formula is C16H16BN3O5S. The highest BCUT2D eigenvalue weighted by molar-refractivity contribution is 7.11. The number of carbonyl (C=O) groups is 2. The fraction of sp³-hybridized carbons (Fsp3) is 0.250. The number of carboxylic acids is 1. The maximum atomic E-state index is 12.3. The third-order valence-corrected chi connectivity index (χ3v) is 5.03. The molecule has 1 aromatic carbocycles. The monoisotopic (exact) mass is 373 g/mol. The van der Waals surface area contributed by atoms with Gasteiger partial charge in [0.1, 0.15) is 11.5 Å². The molecule has 134 valence electrons. The Bertz CT molecular complexity index is 885. The number of para-hydroxylation sites is 1. The van der Waals surface area contributed by atoms with Crippen molar-refractivity contribution < 1.29 is 24.4 Å². The van der Waals surface area contributed by atoms with Crippen LogP contribution in [0.3, 0.4) is 0 Å². The quantitative estimate of drug-likeness (QED) is 0.337. The van der Waals surface area contributed by atoms with E-state index in [9.17, 15) is 19.7 Å². The van der Waals surface area contributed by atoms with Crippen molar-refractivity contribution in [2.24, 2.45) is 5.73 Å². The molecule has 1 aliphatic rings. The molecule has 2 heterocycles. The maximum absolute atomic E-state index is 12.3. The molecule has 0 fully saturated rings. The van der Waals surface area contributed by atoms with E-state index < -0.39 is 18.9 Å². The number of ketones is 1. The van der Waals surface area contributed by atoms with E-state index in [0.29, 0.717) is 22.7 Å². The number of hydrogen-bond acceptors (Lipinski definition) is 7. The van der Waals surface area contributed by atoms with Gasteiger partial charge in [-0.3, -0.25) is 10.2 Å². The first-order valence-corrected chi connectivity index (χ1v) is 8.73. The number of nitrogen functional groups attached to an aromatic ring is 1. The number of fused-ring (bicyclic) bond motifs is 1. The zero-order valence-electron chi connectivity index (χ0n) is 13.6. The van der Waals surface area contributed by atoms with Crippen LogP contribution in [0.25, 0.3) is 0 Å². The van der Waals surface area contributed by atoms with Gasteiger partial charge < -0.3 is 20.5 Å². The minimum Gasteiger partial charge on any atom is -0.535 e. The van der Waals surface area contributed by atoms with Crippen molar-refractivity contribution in [3.8, 4) is 5.75 Å². The molecule has 1 aromatic heterocycles. The lowest BCUT2D eigenvalue weighted by molar-refractivity contribution is -0.118. The lowest BCUT2D eigenvalue weighted by Gasteiger charge is -2.27. The van der Waals surface area contributed by atoms with E-state index in [1.807, 2.05) is 0 Å². The average molecular weight is 373 g/mol. The summed E-state index contributed by atoms with van der Waals surface area (Å²) in [4.78, 5) is 27.7. The fourth-order valence-corrected chi connectivity index (χ4v) is 3.59. The lowest BCUT2D eigenvalue weighted by atomic mass is 9.64. The highest BCUT2D eigenvalue weighted by Crippen LogP contribution is 2.36. The second kappa shape index (κ2) is 7.26. The van der Waals surface area contributed by atoms with Gasteiger partial charge in [-0.2, -0.15) is 0 Å². The van der Waals surface area contributed by atoms with Crippen LogP contribution in [0.2, 0.25) is 5.82 Å². The molecule has 0 saturated heterocycles. The van der Waals surface area contributed by atoms with Crippen LogP contribution >= 0.6 is 11.3 Å². The van der Waals surface area contributed by atoms with E-state index in [4.69, 9.17) is 15.8 Å². The predicted octanol–water partition coefficient (Wildman–Crippen LogP) is 1.11. The number of amidine groups is 1. The Morgan fingerprint density at radius 3 is 2.88 bits per heavy atom. The Balaban J connectivity index is 1.68. The maximum Gasteiger partial charge on any atom is 0.526 e. The van der Waals surface area contributed by atoms with Gasteiger partial charge in [0.05, 0.1) is 11.3 Å². The Morgan fingerprint density at radius 1 is 1.46 bits per heavy atom. The van der Waals surface area contributed by atoms with E-state index in [-0.39, 0.29) is 35.8 Å². The van der Waals surface area contributed by atoms with Gasteiger partial charge in [0.25, 0.3) is 0 Å². The zero-order chi connectivity index (χ0) is 18.8. The first-order valence-electron chi connectivity index (χ1n) is 7.85. The summed E-state index contributed by atoms with van der Waals surface area (Å²) in [6, 6.07) is 4.75. The molecule has 2 aromatic rings. The summed E-state index contributed by atoms with van der Waals surface area (Å²) in [6.45, 7) is 0. The van der Waals surface area contributed by atoms with E-state index in [1.165, 1.54) is 17.4 Å². The van der Waals surface area contributed by atoms with Crippen molar-refractivity contribution in [3.63, 3.8) is 0 Å². The van der Waals surface area contributed by atoms with Gasteiger partial charge in [-0.1, -0.05) is 12.1 Å². The molecule has 0 unspecified atom stereocenters. The van der Waals surface area contributed by atoms with Gasteiger partial charge in [0, 0.05) is 24.0 Å². The average Bonchev–Trinajstić information content (AvgIpc) is 3.03. The third-order valence-electron chi connectivity index (χ3n) is 4.10. The second-order valence-corrected chi connectivity index (χ2v) is 6.91. The Morgan fingerprint density at radius 2 is 2.23 bits per heavy atom. The summed E-state index contributed by atoms with van der Waals surface area (Å²) in [5.41, 5.74) is 6.54. The standard InChI is InChI=1S/C16H16BN3O5S/c18-14(19)15-20-10(7-26-15)6-11(21)5-9-4-8-2-1-3-12(16(22)23)13(8)25-17(9)24/h1-3,7,9,24H,4-6H2,(H3,18,19)(H,22,23)/t9-/m1/s1. The molecule has 26 heavy (non-hydrogen) atoms. The van der Waals surface area contributed by atoms with Gasteiger partial charge in [-0.25, -0.2) is 9.78 Å². The number of Topliss-reactive ketones (excluding diaryl/α,β-unsaturated/α-hetero) is 1. The zero-order valence-corrected chi connectivity index (χ0v) is 14.5. The smallest absolute Gasteiger partial charge is 0.526 e. The molecule has 3 rings (SSSR count). The van der Waals surface area contributed by atoms with Gasteiger partial charge in [-0.05, 0) is 18.1 Å². The predicted molar refractivity (Wildman–Crippen MR) is 95.9 cm³/mol. The normalized spacial score (nSPS) is 15.9. The van der Waals surface area contributed by atoms with Crippen molar-refractivity contribution in [2.75, 3.05) is 0 Å². The van der Waals surface area contributed by atoms with Crippen molar-refractivity contribution in [3.05, 3.63) is 45.4 Å². The highest BCUT2D eigenvalue weighted by Gasteiger charge is 2.37. The first kappa shape index (κ1) is 18.1. The van der Waals surface area contributed by atoms with Gasteiger partial charge in [0.2, 0.25) is 0 Å². The fourth-order valence-electron chi connectivity index (χ4n) is 2.90. The number of nitrogens with zero attached hydrogens (tertiary/aromatic N) is 1. The minimum absolute atomic E-state index is 0.00874. The summed E-state index contributed by atoms with van der Waals surface area (Å²) >= 11 is 1.20. The Labute approximate surface area is 153 Å². The number of carboxylic acid groups (broad SMARTS) is 1. The molecule has 10 heteroatoms. The summed E-state index contributed by atoms with van der Waals surface area (Å²) in [6.07, 6.45) is 0.499. The summed E-state index contributed by atoms with van der Waals surface area (Å²) < 4.78 is 5.39. The SMILES string of the molecule is N=C(N)c1nc(CC(=O)C[C@H]2Cc3cccc(C(=O)O)c3OB2O)cs1. The minimum atomic E-state index is -1.25. The van der Waals surface area contributed by atoms with Crippen molar-refractivity contribution in [1.29, 1.82) is 5.41 Å². The van der Waals surface area contributed by atoms with Crippen LogP contribution in [0.5, 0.6) is 5.75 Å². The molecule has 5 N–H and O–H groups in total. The van der Waals surface area contributed by atoms with Crippen molar-refractivity contribution in [1.82, 2.24) is 4.98 Å². The van der Waals surface area contributed by atoms with Crippen LogP contribution in [0.4, 0.5) is 0 Å². The van der Waals surface area contributed by atoms with Crippen LogP contribution in [0.1, 0.15) is 33.0 Å². The first-order chi connectivity index (χ1) is 12.3. The van der Waals surface area contributed by atoms with Crippen molar-refractivity contribution in [2.45, 2.75) is 25.1 Å². The van der Waals surface area contributed by atoms with E-state index in [0.717, 1.165) is 0 Å². The molecular weight excluding hydrogens is 357 g/mol. The highest BCUT2D eigenvalue weighted by atomic mass is 32.1. The topological polar surface area (TPSA) is 147 Å². The number of aromatic nitrogens is 1. The molecule has 0 bridgehead atoms. The summed E-state index contributed by atoms with van der Waals surface area (Å²) in [5.74, 6) is -1.72. The number of carbonyl (C=O) groups excluding carboxylic acids is 1. The number of thiazole rings is 1. The molecule has 0 aliphatic carbocycles. The van der Waals surface area contributed by atoms with E-state index in [2.05, 4.69) is 4.98 Å². The number of benzene rings is 1. The second-order valence-electron chi connectivity index (χ2n) is 6.05. The molecule has 0 amide bonds. The van der Waals surface area contributed by atoms with Crippen LogP contribution in [-0.2, 0) is 17.6 Å². The molecule has 0 radical (unpaired) electrons. The van der Waals surface area contributed by atoms with Gasteiger partial charge in [0.15, 0.2) is 10.8 Å². The van der Waals surface area contributed by atoms with E-state index >= 15 is 0 Å². The van der Waals surface area contributed by atoms with Crippen molar-refractivity contribution >= 4 is 36.0 Å². The largest absolute Gasteiger partial charge is 0.535 e. The summed E-state index contributed by atoms with van der Waals surface area (Å²) in [7, 11) is -1.25. The Hall–Kier alpha value is -2.72. The van der Waals surface area contributed by atoms with Crippen LogP contribution in [-0.4, -0.2) is 39.8 Å². The molecule has 8 nitrogen and oxygen atoms in total. The van der Waals surface area contributed by atoms with E-state index in [1.54, 1.807) is 17.5 Å². The van der Waals surface area contributed by atoms with Gasteiger partial charge in [-0.15, -0.1) is 11.3 Å².